The average Bonchev–Trinajstić information content (AvgIpc) is 2.57. The van der Waals surface area contributed by atoms with Crippen LogP contribution in [0.2, 0.25) is 0 Å². The molecule has 0 aromatic rings. The predicted molar refractivity (Wildman–Crippen MR) is 111 cm³/mol. The third-order valence-corrected chi connectivity index (χ3v) is 4.19. The quantitative estimate of drug-likeness (QED) is 0.177. The molecular formula is C19H37NNa2O5. The molecule has 0 aromatic heterocycles. The third-order valence-electron chi connectivity index (χ3n) is 4.19. The zero-order chi connectivity index (χ0) is 18.9. The maximum absolute atomic E-state index is 11.5. The number of rotatable bonds is 16. The fraction of sp³-hybridized carbons (Fsp3) is 0.842. The maximum atomic E-state index is 11.5. The first-order valence-corrected chi connectivity index (χ1v) is 9.69. The second-order valence-corrected chi connectivity index (χ2v) is 6.62. The normalized spacial score (nSPS) is 11.0. The molecule has 0 aliphatic heterocycles. The molecule has 0 spiro atoms. The molecule has 150 valence electrons. The van der Waals surface area contributed by atoms with E-state index >= 15 is 0 Å². The molecule has 0 heterocycles. The zero-order valence-corrected chi connectivity index (χ0v) is 15.6. The standard InChI is InChI=1S/C19H35NO5.2Na.2H/c1-2-3-4-5-6-7-8-9-10-11-12-13-17(21)25-18(22)15-14-16(20)19(23)24;;;;/h16H,2-15,20H2,1H3,(H,23,24);;;;/t16-;;;;/m0..../s1. The summed E-state index contributed by atoms with van der Waals surface area (Å²) >= 11 is 0. The van der Waals surface area contributed by atoms with E-state index in [1.54, 1.807) is 0 Å². The summed E-state index contributed by atoms with van der Waals surface area (Å²) in [6.45, 7) is 2.22. The van der Waals surface area contributed by atoms with E-state index in [1.165, 1.54) is 51.4 Å². The summed E-state index contributed by atoms with van der Waals surface area (Å²) in [6, 6.07) is -1.10. The number of carbonyl (C=O) groups excluding carboxylic acids is 2. The zero-order valence-electron chi connectivity index (χ0n) is 15.6. The van der Waals surface area contributed by atoms with Crippen molar-refractivity contribution in [3.05, 3.63) is 0 Å². The first-order valence-electron chi connectivity index (χ1n) is 9.69. The summed E-state index contributed by atoms with van der Waals surface area (Å²) in [7, 11) is 0. The molecule has 0 unspecified atom stereocenters. The summed E-state index contributed by atoms with van der Waals surface area (Å²) in [5.74, 6) is -2.41. The molecule has 3 N–H and O–H groups in total. The third kappa shape index (κ3) is 22.7. The molecule has 1 atom stereocenters. The Bertz CT molecular complexity index is 394. The van der Waals surface area contributed by atoms with Crippen LogP contribution in [0.5, 0.6) is 0 Å². The molecule has 0 aliphatic carbocycles. The Balaban J connectivity index is -0.00000288. The van der Waals surface area contributed by atoms with E-state index in [-0.39, 0.29) is 78.4 Å². The summed E-state index contributed by atoms with van der Waals surface area (Å²) in [4.78, 5) is 33.4. The number of hydrogen-bond acceptors (Lipinski definition) is 5. The van der Waals surface area contributed by atoms with Crippen molar-refractivity contribution in [2.24, 2.45) is 5.73 Å². The van der Waals surface area contributed by atoms with Crippen molar-refractivity contribution in [3.8, 4) is 0 Å². The summed E-state index contributed by atoms with van der Waals surface area (Å²) in [5.41, 5.74) is 5.28. The van der Waals surface area contributed by atoms with Crippen molar-refractivity contribution in [2.45, 2.75) is 103 Å². The number of hydrogen-bond donors (Lipinski definition) is 2. The summed E-state index contributed by atoms with van der Waals surface area (Å²) in [5, 5.41) is 8.60. The molecule has 8 heteroatoms. The van der Waals surface area contributed by atoms with Crippen LogP contribution in [0.1, 0.15) is 96.8 Å². The molecule has 0 saturated carbocycles. The van der Waals surface area contributed by atoms with Crippen LogP contribution in [0.4, 0.5) is 0 Å². The van der Waals surface area contributed by atoms with Crippen molar-refractivity contribution in [3.63, 3.8) is 0 Å². The second kappa shape index (κ2) is 22.9. The van der Waals surface area contributed by atoms with E-state index in [2.05, 4.69) is 11.7 Å². The first-order chi connectivity index (χ1) is 12.0. The van der Waals surface area contributed by atoms with Gasteiger partial charge in [0.1, 0.15) is 6.04 Å². The molecular weight excluding hydrogens is 368 g/mol. The fourth-order valence-electron chi connectivity index (χ4n) is 2.56. The van der Waals surface area contributed by atoms with Gasteiger partial charge in [-0.05, 0) is 12.8 Å². The molecule has 0 amide bonds. The Hall–Kier alpha value is 0.570. The van der Waals surface area contributed by atoms with Crippen LogP contribution >= 0.6 is 0 Å². The van der Waals surface area contributed by atoms with Gasteiger partial charge >= 0.3 is 77.0 Å². The van der Waals surface area contributed by atoms with Crippen LogP contribution in [0.25, 0.3) is 0 Å². The number of nitrogens with two attached hydrogens (primary N) is 1. The number of carboxylic acids is 1. The van der Waals surface area contributed by atoms with Crippen molar-refractivity contribution in [1.82, 2.24) is 0 Å². The van der Waals surface area contributed by atoms with Gasteiger partial charge in [-0.3, -0.25) is 14.4 Å². The molecule has 0 aromatic carbocycles. The van der Waals surface area contributed by atoms with E-state index < -0.39 is 23.9 Å². The van der Waals surface area contributed by atoms with Gasteiger partial charge in [-0.1, -0.05) is 71.1 Å². The van der Waals surface area contributed by atoms with Crippen LogP contribution in [0.15, 0.2) is 0 Å². The van der Waals surface area contributed by atoms with Gasteiger partial charge in [0.05, 0.1) is 0 Å². The second-order valence-electron chi connectivity index (χ2n) is 6.62. The number of aliphatic carboxylic acids is 1. The van der Waals surface area contributed by atoms with Crippen molar-refractivity contribution in [2.75, 3.05) is 0 Å². The van der Waals surface area contributed by atoms with Crippen molar-refractivity contribution < 1.29 is 24.2 Å². The van der Waals surface area contributed by atoms with Crippen LogP contribution < -0.4 is 5.73 Å². The average molecular weight is 405 g/mol. The van der Waals surface area contributed by atoms with Crippen LogP contribution in [-0.2, 0) is 19.1 Å². The molecule has 0 bridgehead atoms. The molecule has 0 fully saturated rings. The Morgan fingerprint density at radius 2 is 1.19 bits per heavy atom. The van der Waals surface area contributed by atoms with Crippen LogP contribution in [0.3, 0.4) is 0 Å². The van der Waals surface area contributed by atoms with E-state index in [1.807, 2.05) is 0 Å². The Morgan fingerprint density at radius 3 is 1.63 bits per heavy atom. The minimum absolute atomic E-state index is 0. The Morgan fingerprint density at radius 1 is 0.778 bits per heavy atom. The molecule has 0 rings (SSSR count). The summed E-state index contributed by atoms with van der Waals surface area (Å²) < 4.78 is 4.65. The van der Waals surface area contributed by atoms with Gasteiger partial charge in [0.2, 0.25) is 0 Å². The van der Waals surface area contributed by atoms with Gasteiger partial charge in [0, 0.05) is 12.8 Å². The van der Waals surface area contributed by atoms with Gasteiger partial charge < -0.3 is 15.6 Å². The number of unbranched alkanes of at least 4 members (excludes halogenated alkanes) is 10. The molecule has 0 aliphatic rings. The van der Waals surface area contributed by atoms with Crippen LogP contribution in [0, 0.1) is 0 Å². The molecule has 0 saturated heterocycles. The number of ether oxygens (including phenoxy) is 1. The first kappa shape index (κ1) is 32.2. The molecule has 27 heavy (non-hydrogen) atoms. The number of esters is 2. The molecule has 6 nitrogen and oxygen atoms in total. The van der Waals surface area contributed by atoms with Gasteiger partial charge in [-0.25, -0.2) is 0 Å². The van der Waals surface area contributed by atoms with Crippen molar-refractivity contribution in [1.29, 1.82) is 0 Å². The number of carboxylic acid groups (broad SMARTS) is 1. The van der Waals surface area contributed by atoms with E-state index in [4.69, 9.17) is 10.8 Å². The van der Waals surface area contributed by atoms with E-state index in [9.17, 15) is 14.4 Å². The van der Waals surface area contributed by atoms with Gasteiger partial charge in [0.25, 0.3) is 0 Å². The van der Waals surface area contributed by atoms with Gasteiger partial charge in [-0.2, -0.15) is 0 Å². The van der Waals surface area contributed by atoms with Gasteiger partial charge in [-0.15, -0.1) is 0 Å². The Kier molecular flexibility index (Phi) is 27.3. The van der Waals surface area contributed by atoms with Crippen molar-refractivity contribution >= 4 is 77.0 Å². The summed E-state index contributed by atoms with van der Waals surface area (Å²) in [6.07, 6.45) is 13.2. The Labute approximate surface area is 208 Å². The predicted octanol–water partition coefficient (Wildman–Crippen LogP) is 2.65. The van der Waals surface area contributed by atoms with E-state index in [0.29, 0.717) is 0 Å². The van der Waals surface area contributed by atoms with E-state index in [0.717, 1.165) is 19.3 Å². The molecule has 0 radical (unpaired) electrons. The minimum atomic E-state index is -1.17. The monoisotopic (exact) mass is 405 g/mol. The number of carbonyl (C=O) groups is 3. The van der Waals surface area contributed by atoms with Gasteiger partial charge in [0.15, 0.2) is 0 Å². The topological polar surface area (TPSA) is 107 Å². The van der Waals surface area contributed by atoms with Crippen LogP contribution in [-0.4, -0.2) is 88.2 Å². The fourth-order valence-corrected chi connectivity index (χ4v) is 2.56. The SMILES string of the molecule is CCCCCCCCCCCCCC(=O)OC(=O)CC[C@H](N)C(=O)O.[NaH].[NaH].